The van der Waals surface area contributed by atoms with Crippen molar-refractivity contribution in [2.24, 2.45) is 5.73 Å². The molecule has 0 aliphatic carbocycles. The van der Waals surface area contributed by atoms with Crippen LogP contribution in [0.4, 0.5) is 11.5 Å². The summed E-state index contributed by atoms with van der Waals surface area (Å²) >= 11 is 3.42. The second-order valence-corrected chi connectivity index (χ2v) is 5.37. The number of carbonyl (C=O) groups excluding carboxylic acids is 1. The molecular weight excluding hydrogens is 332 g/mol. The summed E-state index contributed by atoms with van der Waals surface area (Å²) in [4.78, 5) is 19.7. The topological polar surface area (TPSA) is 80.9 Å². The Labute approximate surface area is 129 Å². The van der Waals surface area contributed by atoms with Crippen molar-refractivity contribution in [2.75, 3.05) is 5.32 Å². The fourth-order valence-electron chi connectivity index (χ4n) is 2.01. The average Bonchev–Trinajstić information content (AvgIpc) is 2.47. The van der Waals surface area contributed by atoms with E-state index in [1.54, 1.807) is 18.2 Å². The Balaban J connectivity index is 2.09. The summed E-state index contributed by atoms with van der Waals surface area (Å²) in [6.07, 6.45) is 1.48. The summed E-state index contributed by atoms with van der Waals surface area (Å²) in [7, 11) is 0. The maximum Gasteiger partial charge on any atom is 0.248 e. The van der Waals surface area contributed by atoms with E-state index in [1.807, 2.05) is 24.3 Å². The molecule has 0 unspecified atom stereocenters. The average molecular weight is 343 g/mol. The second kappa shape index (κ2) is 5.49. The van der Waals surface area contributed by atoms with Crippen LogP contribution >= 0.6 is 15.9 Å². The fraction of sp³-hybridized carbons (Fsp3) is 0. The molecule has 1 amide bonds. The zero-order valence-electron chi connectivity index (χ0n) is 10.9. The molecule has 0 radical (unpaired) electrons. The Bertz CT molecular complexity index is 835. The molecule has 0 aliphatic heterocycles. The number of nitrogens with one attached hydrogen (secondary N) is 1. The molecule has 5 nitrogen and oxygen atoms in total. The van der Waals surface area contributed by atoms with E-state index in [0.717, 1.165) is 21.1 Å². The first kappa shape index (κ1) is 13.5. The quantitative estimate of drug-likeness (QED) is 0.765. The molecule has 6 heteroatoms. The molecule has 3 N–H and O–H groups in total. The maximum atomic E-state index is 11.3. The molecule has 104 valence electrons. The van der Waals surface area contributed by atoms with Crippen LogP contribution in [0, 0.1) is 0 Å². The lowest BCUT2D eigenvalue weighted by molar-refractivity contribution is 0.100. The number of benzene rings is 2. The predicted molar refractivity (Wildman–Crippen MR) is 85.5 cm³/mol. The van der Waals surface area contributed by atoms with Crippen LogP contribution in [-0.2, 0) is 0 Å². The molecule has 0 bridgehead atoms. The van der Waals surface area contributed by atoms with Gasteiger partial charge < -0.3 is 11.1 Å². The first-order valence-corrected chi connectivity index (χ1v) is 7.00. The lowest BCUT2D eigenvalue weighted by Gasteiger charge is -2.09. The molecule has 0 aliphatic rings. The normalized spacial score (nSPS) is 10.5. The number of carbonyl (C=O) groups is 1. The number of hydrogen-bond acceptors (Lipinski definition) is 4. The highest BCUT2D eigenvalue weighted by molar-refractivity contribution is 9.10. The van der Waals surface area contributed by atoms with E-state index < -0.39 is 5.91 Å². The van der Waals surface area contributed by atoms with Crippen LogP contribution in [-0.4, -0.2) is 15.9 Å². The first-order valence-electron chi connectivity index (χ1n) is 6.20. The van der Waals surface area contributed by atoms with Gasteiger partial charge in [0.1, 0.15) is 12.1 Å². The molecule has 0 atom stereocenters. The molecule has 0 saturated carbocycles. The van der Waals surface area contributed by atoms with Gasteiger partial charge in [0, 0.05) is 21.1 Å². The highest BCUT2D eigenvalue weighted by atomic mass is 79.9. The Kier molecular flexibility index (Phi) is 3.53. The molecule has 2 aromatic carbocycles. The summed E-state index contributed by atoms with van der Waals surface area (Å²) in [6.45, 7) is 0. The predicted octanol–water partition coefficient (Wildman–Crippen LogP) is 3.23. The van der Waals surface area contributed by atoms with Crippen LogP contribution < -0.4 is 11.1 Å². The number of amides is 1. The van der Waals surface area contributed by atoms with Gasteiger partial charge in [-0.1, -0.05) is 22.0 Å². The number of aromatic nitrogens is 2. The van der Waals surface area contributed by atoms with Gasteiger partial charge in [0.15, 0.2) is 0 Å². The van der Waals surface area contributed by atoms with Gasteiger partial charge in [-0.25, -0.2) is 9.97 Å². The third kappa shape index (κ3) is 2.85. The number of halogens is 1. The Morgan fingerprint density at radius 1 is 1.14 bits per heavy atom. The van der Waals surface area contributed by atoms with Crippen molar-refractivity contribution in [3.63, 3.8) is 0 Å². The summed E-state index contributed by atoms with van der Waals surface area (Å²) < 4.78 is 0.962. The highest BCUT2D eigenvalue weighted by Crippen LogP contribution is 2.25. The van der Waals surface area contributed by atoms with E-state index in [-0.39, 0.29) is 0 Å². The monoisotopic (exact) mass is 342 g/mol. The van der Waals surface area contributed by atoms with Gasteiger partial charge in [-0.3, -0.25) is 4.79 Å². The SMILES string of the molecule is NC(=O)c1ccc2ncnc(Nc3cccc(Br)c3)c2c1. The van der Waals surface area contributed by atoms with Gasteiger partial charge in [0.2, 0.25) is 5.91 Å². The van der Waals surface area contributed by atoms with Gasteiger partial charge >= 0.3 is 0 Å². The number of anilines is 2. The molecule has 0 saturated heterocycles. The molecule has 21 heavy (non-hydrogen) atoms. The molecule has 3 aromatic rings. The minimum Gasteiger partial charge on any atom is -0.366 e. The van der Waals surface area contributed by atoms with Crippen LogP contribution in [0.2, 0.25) is 0 Å². The van der Waals surface area contributed by atoms with Gasteiger partial charge in [-0.15, -0.1) is 0 Å². The minimum atomic E-state index is -0.478. The van der Waals surface area contributed by atoms with Gasteiger partial charge in [-0.2, -0.15) is 0 Å². The lowest BCUT2D eigenvalue weighted by Crippen LogP contribution is -2.10. The van der Waals surface area contributed by atoms with Gasteiger partial charge in [0.05, 0.1) is 5.52 Å². The largest absolute Gasteiger partial charge is 0.366 e. The summed E-state index contributed by atoms with van der Waals surface area (Å²) in [6, 6.07) is 12.8. The van der Waals surface area contributed by atoms with E-state index in [9.17, 15) is 4.79 Å². The molecule has 0 fully saturated rings. The highest BCUT2D eigenvalue weighted by Gasteiger charge is 2.08. The maximum absolute atomic E-state index is 11.3. The Morgan fingerprint density at radius 2 is 2.00 bits per heavy atom. The molecule has 1 heterocycles. The number of fused-ring (bicyclic) bond motifs is 1. The Hall–Kier alpha value is -2.47. The summed E-state index contributed by atoms with van der Waals surface area (Å²) in [5.41, 5.74) is 7.37. The van der Waals surface area contributed by atoms with E-state index in [1.165, 1.54) is 6.33 Å². The molecule has 0 spiro atoms. The summed E-state index contributed by atoms with van der Waals surface area (Å²) in [5, 5.41) is 3.96. The lowest BCUT2D eigenvalue weighted by atomic mass is 10.1. The number of hydrogen-bond donors (Lipinski definition) is 2. The number of nitrogens with zero attached hydrogens (tertiary/aromatic N) is 2. The van der Waals surface area contributed by atoms with Crippen LogP contribution in [0.5, 0.6) is 0 Å². The smallest absolute Gasteiger partial charge is 0.248 e. The molecule has 1 aromatic heterocycles. The van der Waals surface area contributed by atoms with Gasteiger partial charge in [-0.05, 0) is 36.4 Å². The molecular formula is C15H11BrN4O. The number of nitrogens with two attached hydrogens (primary N) is 1. The van der Waals surface area contributed by atoms with Crippen LogP contribution in [0.15, 0.2) is 53.3 Å². The van der Waals surface area contributed by atoms with E-state index in [0.29, 0.717) is 11.4 Å². The van der Waals surface area contributed by atoms with Gasteiger partial charge in [0.25, 0.3) is 0 Å². The zero-order valence-corrected chi connectivity index (χ0v) is 12.5. The van der Waals surface area contributed by atoms with E-state index >= 15 is 0 Å². The van der Waals surface area contributed by atoms with Crippen molar-refractivity contribution in [3.8, 4) is 0 Å². The summed E-state index contributed by atoms with van der Waals surface area (Å²) in [5.74, 6) is 0.148. The van der Waals surface area contributed by atoms with E-state index in [2.05, 4.69) is 31.2 Å². The second-order valence-electron chi connectivity index (χ2n) is 4.45. The van der Waals surface area contributed by atoms with Crippen molar-refractivity contribution < 1.29 is 4.79 Å². The Morgan fingerprint density at radius 3 is 2.76 bits per heavy atom. The fourth-order valence-corrected chi connectivity index (χ4v) is 2.41. The number of primary amides is 1. The minimum absolute atomic E-state index is 0.426. The van der Waals surface area contributed by atoms with Crippen LogP contribution in [0.25, 0.3) is 10.9 Å². The van der Waals surface area contributed by atoms with E-state index in [4.69, 9.17) is 5.73 Å². The van der Waals surface area contributed by atoms with Crippen LogP contribution in [0.3, 0.4) is 0 Å². The third-order valence-corrected chi connectivity index (χ3v) is 3.50. The first-order chi connectivity index (χ1) is 10.1. The van der Waals surface area contributed by atoms with Crippen molar-refractivity contribution in [1.82, 2.24) is 9.97 Å². The van der Waals surface area contributed by atoms with Crippen molar-refractivity contribution in [3.05, 3.63) is 58.8 Å². The van der Waals surface area contributed by atoms with Crippen molar-refractivity contribution in [2.45, 2.75) is 0 Å². The van der Waals surface area contributed by atoms with Crippen LogP contribution in [0.1, 0.15) is 10.4 Å². The standard InChI is InChI=1S/C15H11BrN4O/c16-10-2-1-3-11(7-10)20-15-12-6-9(14(17)21)4-5-13(12)18-8-19-15/h1-8H,(H2,17,21)(H,18,19,20). The third-order valence-electron chi connectivity index (χ3n) is 3.01. The zero-order chi connectivity index (χ0) is 14.8. The molecule has 3 rings (SSSR count). The van der Waals surface area contributed by atoms with Crippen molar-refractivity contribution in [1.29, 1.82) is 0 Å². The van der Waals surface area contributed by atoms with Crippen molar-refractivity contribution >= 4 is 44.2 Å². The number of rotatable bonds is 3.